The standard InChI is InChI=1S/C14H14F3N3/c1-9-6-12(8-18-2)20-13(19-9)10-4-3-5-11(7-10)14(15,16)17/h3-7,18H,8H2,1-2H3. The highest BCUT2D eigenvalue weighted by molar-refractivity contribution is 5.56. The maximum absolute atomic E-state index is 12.7. The van der Waals surface area contributed by atoms with Crippen LogP contribution in [0.2, 0.25) is 0 Å². The summed E-state index contributed by atoms with van der Waals surface area (Å²) < 4.78 is 38.1. The lowest BCUT2D eigenvalue weighted by atomic mass is 10.1. The lowest BCUT2D eigenvalue weighted by Gasteiger charge is -2.09. The summed E-state index contributed by atoms with van der Waals surface area (Å²) in [5.41, 5.74) is 1.13. The first-order chi connectivity index (χ1) is 9.40. The monoisotopic (exact) mass is 281 g/mol. The average molecular weight is 281 g/mol. The number of benzene rings is 1. The van der Waals surface area contributed by atoms with E-state index < -0.39 is 11.7 Å². The molecular weight excluding hydrogens is 267 g/mol. The van der Waals surface area contributed by atoms with Crippen molar-refractivity contribution in [3.8, 4) is 11.4 Å². The van der Waals surface area contributed by atoms with Crippen molar-refractivity contribution in [3.05, 3.63) is 47.3 Å². The van der Waals surface area contributed by atoms with E-state index in [9.17, 15) is 13.2 Å². The number of hydrogen-bond acceptors (Lipinski definition) is 3. The molecule has 0 bridgehead atoms. The van der Waals surface area contributed by atoms with Gasteiger partial charge in [-0.3, -0.25) is 0 Å². The Labute approximate surface area is 114 Å². The summed E-state index contributed by atoms with van der Waals surface area (Å²) >= 11 is 0. The highest BCUT2D eigenvalue weighted by Crippen LogP contribution is 2.31. The first-order valence-electron chi connectivity index (χ1n) is 6.07. The SMILES string of the molecule is CNCc1cc(C)nc(-c2cccc(C(F)(F)F)c2)n1. The van der Waals surface area contributed by atoms with Crippen LogP contribution in [0.4, 0.5) is 13.2 Å². The Morgan fingerprint density at radius 3 is 2.55 bits per heavy atom. The number of rotatable bonds is 3. The number of nitrogens with one attached hydrogen (secondary N) is 1. The fourth-order valence-corrected chi connectivity index (χ4v) is 1.87. The van der Waals surface area contributed by atoms with E-state index in [1.807, 2.05) is 0 Å². The topological polar surface area (TPSA) is 37.8 Å². The maximum Gasteiger partial charge on any atom is 0.416 e. The molecule has 0 aliphatic rings. The molecule has 106 valence electrons. The number of hydrogen-bond donors (Lipinski definition) is 1. The Kier molecular flexibility index (Phi) is 4.04. The van der Waals surface area contributed by atoms with E-state index >= 15 is 0 Å². The first kappa shape index (κ1) is 14.5. The molecule has 6 heteroatoms. The Balaban J connectivity index is 2.46. The summed E-state index contributed by atoms with van der Waals surface area (Å²) in [7, 11) is 1.78. The summed E-state index contributed by atoms with van der Waals surface area (Å²) in [4.78, 5) is 8.48. The van der Waals surface area contributed by atoms with E-state index in [4.69, 9.17) is 0 Å². The zero-order valence-corrected chi connectivity index (χ0v) is 11.1. The van der Waals surface area contributed by atoms with Gasteiger partial charge in [0.2, 0.25) is 0 Å². The molecule has 0 saturated heterocycles. The van der Waals surface area contributed by atoms with Crippen LogP contribution in [0.3, 0.4) is 0 Å². The van der Waals surface area contributed by atoms with Gasteiger partial charge in [0.1, 0.15) is 0 Å². The Bertz CT molecular complexity index is 609. The molecule has 0 amide bonds. The fraction of sp³-hybridized carbons (Fsp3) is 0.286. The minimum absolute atomic E-state index is 0.307. The molecule has 3 nitrogen and oxygen atoms in total. The molecule has 1 aromatic carbocycles. The van der Waals surface area contributed by atoms with Crippen LogP contribution in [0, 0.1) is 6.92 Å². The highest BCUT2D eigenvalue weighted by Gasteiger charge is 2.30. The Morgan fingerprint density at radius 1 is 1.15 bits per heavy atom. The number of aromatic nitrogens is 2. The van der Waals surface area contributed by atoms with Gasteiger partial charge in [-0.15, -0.1) is 0 Å². The molecule has 1 aromatic heterocycles. The van der Waals surface area contributed by atoms with Gasteiger partial charge in [0.15, 0.2) is 5.82 Å². The molecule has 0 radical (unpaired) electrons. The maximum atomic E-state index is 12.7. The van der Waals surface area contributed by atoms with Crippen molar-refractivity contribution in [2.24, 2.45) is 0 Å². The van der Waals surface area contributed by atoms with Crippen LogP contribution in [-0.4, -0.2) is 17.0 Å². The fourth-order valence-electron chi connectivity index (χ4n) is 1.87. The first-order valence-corrected chi connectivity index (χ1v) is 6.07. The predicted molar refractivity (Wildman–Crippen MR) is 70.0 cm³/mol. The van der Waals surface area contributed by atoms with Crippen molar-refractivity contribution >= 4 is 0 Å². The molecule has 0 fully saturated rings. The second-order valence-electron chi connectivity index (χ2n) is 4.43. The summed E-state index contributed by atoms with van der Waals surface area (Å²) in [6.45, 7) is 2.33. The van der Waals surface area contributed by atoms with Crippen molar-refractivity contribution in [3.63, 3.8) is 0 Å². The van der Waals surface area contributed by atoms with E-state index in [1.54, 1.807) is 26.1 Å². The highest BCUT2D eigenvalue weighted by atomic mass is 19.4. The van der Waals surface area contributed by atoms with E-state index in [0.29, 0.717) is 17.9 Å². The number of aryl methyl sites for hydroxylation is 1. The van der Waals surface area contributed by atoms with Crippen molar-refractivity contribution in [2.45, 2.75) is 19.6 Å². The summed E-state index contributed by atoms with van der Waals surface area (Å²) in [6.07, 6.45) is -4.37. The minimum Gasteiger partial charge on any atom is -0.314 e. The second kappa shape index (κ2) is 5.58. The van der Waals surface area contributed by atoms with Crippen LogP contribution in [0.5, 0.6) is 0 Å². The summed E-state index contributed by atoms with van der Waals surface area (Å²) in [5, 5.41) is 2.96. The van der Waals surface area contributed by atoms with Crippen molar-refractivity contribution < 1.29 is 13.2 Å². The zero-order valence-electron chi connectivity index (χ0n) is 11.1. The Morgan fingerprint density at radius 2 is 1.90 bits per heavy atom. The van der Waals surface area contributed by atoms with Gasteiger partial charge in [-0.1, -0.05) is 12.1 Å². The molecule has 1 heterocycles. The van der Waals surface area contributed by atoms with Crippen LogP contribution in [-0.2, 0) is 12.7 Å². The second-order valence-corrected chi connectivity index (χ2v) is 4.43. The third-order valence-electron chi connectivity index (χ3n) is 2.71. The van der Waals surface area contributed by atoms with Gasteiger partial charge in [-0.05, 0) is 32.2 Å². The zero-order chi connectivity index (χ0) is 14.8. The average Bonchev–Trinajstić information content (AvgIpc) is 2.37. The van der Waals surface area contributed by atoms with Gasteiger partial charge in [0.05, 0.1) is 11.3 Å². The van der Waals surface area contributed by atoms with Gasteiger partial charge >= 0.3 is 6.18 Å². The van der Waals surface area contributed by atoms with Crippen molar-refractivity contribution in [2.75, 3.05) is 7.05 Å². The van der Waals surface area contributed by atoms with E-state index in [1.165, 1.54) is 6.07 Å². The third kappa shape index (κ3) is 3.33. The van der Waals surface area contributed by atoms with E-state index in [2.05, 4.69) is 15.3 Å². The minimum atomic E-state index is -4.37. The van der Waals surface area contributed by atoms with Crippen LogP contribution < -0.4 is 5.32 Å². The molecule has 0 unspecified atom stereocenters. The molecule has 0 aliphatic carbocycles. The van der Waals surface area contributed by atoms with Crippen LogP contribution in [0.15, 0.2) is 30.3 Å². The van der Waals surface area contributed by atoms with Crippen LogP contribution in [0.1, 0.15) is 17.0 Å². The molecule has 20 heavy (non-hydrogen) atoms. The normalized spacial score (nSPS) is 11.7. The largest absolute Gasteiger partial charge is 0.416 e. The molecule has 1 N–H and O–H groups in total. The van der Waals surface area contributed by atoms with Gasteiger partial charge in [0.25, 0.3) is 0 Å². The molecule has 0 aliphatic heterocycles. The summed E-state index contributed by atoms with van der Waals surface area (Å²) in [6, 6.07) is 6.84. The number of nitrogens with zero attached hydrogens (tertiary/aromatic N) is 2. The van der Waals surface area contributed by atoms with E-state index in [-0.39, 0.29) is 0 Å². The molecule has 0 spiro atoms. The number of alkyl halides is 3. The smallest absolute Gasteiger partial charge is 0.314 e. The molecule has 2 aromatic rings. The van der Waals surface area contributed by atoms with Crippen molar-refractivity contribution in [1.29, 1.82) is 0 Å². The molecule has 2 rings (SSSR count). The quantitative estimate of drug-likeness (QED) is 0.939. The molecule has 0 atom stereocenters. The van der Waals surface area contributed by atoms with Gasteiger partial charge < -0.3 is 5.32 Å². The third-order valence-corrected chi connectivity index (χ3v) is 2.71. The lowest BCUT2D eigenvalue weighted by Crippen LogP contribution is -2.09. The van der Waals surface area contributed by atoms with Crippen molar-refractivity contribution in [1.82, 2.24) is 15.3 Å². The molecular formula is C14H14F3N3. The van der Waals surface area contributed by atoms with Gasteiger partial charge in [-0.25, -0.2) is 9.97 Å². The Hall–Kier alpha value is -1.95. The molecule has 0 saturated carbocycles. The lowest BCUT2D eigenvalue weighted by molar-refractivity contribution is -0.137. The van der Waals surface area contributed by atoms with Crippen LogP contribution in [0.25, 0.3) is 11.4 Å². The van der Waals surface area contributed by atoms with Gasteiger partial charge in [-0.2, -0.15) is 13.2 Å². The van der Waals surface area contributed by atoms with E-state index in [0.717, 1.165) is 23.5 Å². The summed E-state index contributed by atoms with van der Waals surface area (Å²) in [5.74, 6) is 0.307. The predicted octanol–water partition coefficient (Wildman–Crippen LogP) is 3.19. The van der Waals surface area contributed by atoms with Crippen LogP contribution >= 0.6 is 0 Å². The number of halogens is 3. The van der Waals surface area contributed by atoms with Gasteiger partial charge in [0, 0.05) is 17.8 Å².